The van der Waals surface area contributed by atoms with E-state index < -0.39 is 17.5 Å². The summed E-state index contributed by atoms with van der Waals surface area (Å²) in [5.74, 6) is -2.55. The highest BCUT2D eigenvalue weighted by Gasteiger charge is 2.13. The molecular formula is C20H21F3. The first-order chi connectivity index (χ1) is 11.0. The molecule has 0 amide bonds. The van der Waals surface area contributed by atoms with E-state index in [9.17, 15) is 13.2 Å². The van der Waals surface area contributed by atoms with E-state index in [4.69, 9.17) is 0 Å². The fourth-order valence-corrected chi connectivity index (χ4v) is 2.38. The first-order valence-electron chi connectivity index (χ1n) is 7.94. The van der Waals surface area contributed by atoms with Crippen LogP contribution in [0.5, 0.6) is 0 Å². The molecule has 0 N–H and O–H groups in total. The minimum Gasteiger partial charge on any atom is -0.207 e. The molecule has 0 atom stereocenters. The molecule has 2 aromatic carbocycles. The third kappa shape index (κ3) is 4.47. The monoisotopic (exact) mass is 318 g/mol. The number of benzene rings is 2. The average Bonchev–Trinajstić information content (AvgIpc) is 2.57. The van der Waals surface area contributed by atoms with Gasteiger partial charge in [0.1, 0.15) is 5.82 Å². The molecule has 0 heterocycles. The zero-order valence-corrected chi connectivity index (χ0v) is 13.5. The normalized spacial score (nSPS) is 12.2. The Balaban J connectivity index is 2.20. The topological polar surface area (TPSA) is 0 Å². The maximum absolute atomic E-state index is 14.3. The lowest BCUT2D eigenvalue weighted by Crippen LogP contribution is -1.90. The van der Waals surface area contributed by atoms with E-state index in [1.54, 1.807) is 19.1 Å². The number of aryl methyl sites for hydroxylation is 2. The van der Waals surface area contributed by atoms with E-state index in [-0.39, 0.29) is 11.1 Å². The fraction of sp³-hybridized carbons (Fsp3) is 0.300. The van der Waals surface area contributed by atoms with Gasteiger partial charge in [-0.05, 0) is 37.0 Å². The number of halogens is 3. The molecule has 0 aliphatic rings. The standard InChI is InChI=1S/C20H21F3/c1-3-4-5-6-15-8-11-16(12-9-15)19(22)20(23)17-10-7-14(2)18(21)13-17/h7-13H,3-6H2,1-2H3/b20-19+. The van der Waals surface area contributed by atoms with Gasteiger partial charge in [-0.15, -0.1) is 0 Å². The van der Waals surface area contributed by atoms with Crippen LogP contribution in [0.25, 0.3) is 11.7 Å². The van der Waals surface area contributed by atoms with Gasteiger partial charge in [0.2, 0.25) is 0 Å². The van der Waals surface area contributed by atoms with Gasteiger partial charge < -0.3 is 0 Å². The van der Waals surface area contributed by atoms with Crippen molar-refractivity contribution >= 4 is 11.7 Å². The molecule has 0 aromatic heterocycles. The van der Waals surface area contributed by atoms with Gasteiger partial charge in [-0.1, -0.05) is 56.2 Å². The minimum atomic E-state index is -1.04. The summed E-state index contributed by atoms with van der Waals surface area (Å²) in [6, 6.07) is 10.6. The van der Waals surface area contributed by atoms with Gasteiger partial charge in [-0.2, -0.15) is 0 Å². The van der Waals surface area contributed by atoms with Crippen LogP contribution in [0.4, 0.5) is 13.2 Å². The molecule has 0 spiro atoms. The van der Waals surface area contributed by atoms with Crippen molar-refractivity contribution in [3.8, 4) is 0 Å². The zero-order valence-electron chi connectivity index (χ0n) is 13.5. The lowest BCUT2D eigenvalue weighted by Gasteiger charge is -2.05. The quantitative estimate of drug-likeness (QED) is 0.414. The van der Waals surface area contributed by atoms with E-state index in [1.165, 1.54) is 12.1 Å². The Hall–Kier alpha value is -2.03. The van der Waals surface area contributed by atoms with Crippen molar-refractivity contribution in [2.45, 2.75) is 39.5 Å². The summed E-state index contributed by atoms with van der Waals surface area (Å²) in [6.45, 7) is 3.72. The van der Waals surface area contributed by atoms with Crippen LogP contribution in [0, 0.1) is 12.7 Å². The number of rotatable bonds is 6. The first-order valence-corrected chi connectivity index (χ1v) is 7.94. The Morgan fingerprint density at radius 3 is 2.09 bits per heavy atom. The summed E-state index contributed by atoms with van der Waals surface area (Å²) < 4.78 is 42.0. The molecular weight excluding hydrogens is 297 g/mol. The van der Waals surface area contributed by atoms with Crippen LogP contribution in [0.1, 0.15) is 48.4 Å². The molecule has 2 aromatic rings. The largest absolute Gasteiger partial charge is 0.207 e. The van der Waals surface area contributed by atoms with Gasteiger partial charge in [-0.3, -0.25) is 0 Å². The van der Waals surface area contributed by atoms with Crippen LogP contribution in [0.2, 0.25) is 0 Å². The molecule has 2 rings (SSSR count). The van der Waals surface area contributed by atoms with Crippen LogP contribution < -0.4 is 0 Å². The molecule has 0 saturated carbocycles. The predicted molar refractivity (Wildman–Crippen MR) is 89.8 cm³/mol. The Bertz CT molecular complexity index is 685. The van der Waals surface area contributed by atoms with Crippen molar-refractivity contribution < 1.29 is 13.2 Å². The summed E-state index contributed by atoms with van der Waals surface area (Å²) in [5.41, 5.74) is 1.59. The zero-order chi connectivity index (χ0) is 16.8. The summed E-state index contributed by atoms with van der Waals surface area (Å²) in [7, 11) is 0. The maximum Gasteiger partial charge on any atom is 0.166 e. The van der Waals surface area contributed by atoms with Crippen LogP contribution in [0.3, 0.4) is 0 Å². The van der Waals surface area contributed by atoms with Crippen molar-refractivity contribution in [2.75, 3.05) is 0 Å². The fourth-order valence-electron chi connectivity index (χ4n) is 2.38. The molecule has 3 heteroatoms. The lowest BCUT2D eigenvalue weighted by molar-refractivity contribution is 0.616. The number of hydrogen-bond donors (Lipinski definition) is 0. The summed E-state index contributed by atoms with van der Waals surface area (Å²) in [5, 5.41) is 0. The van der Waals surface area contributed by atoms with E-state index in [1.807, 2.05) is 12.1 Å². The van der Waals surface area contributed by atoms with Crippen LogP contribution in [0.15, 0.2) is 42.5 Å². The molecule has 0 nitrogen and oxygen atoms in total. The van der Waals surface area contributed by atoms with Crippen molar-refractivity contribution in [2.24, 2.45) is 0 Å². The molecule has 0 radical (unpaired) electrons. The van der Waals surface area contributed by atoms with Gasteiger partial charge in [0, 0.05) is 11.1 Å². The average molecular weight is 318 g/mol. The second-order valence-corrected chi connectivity index (χ2v) is 5.75. The molecule has 0 aliphatic heterocycles. The van der Waals surface area contributed by atoms with Gasteiger partial charge >= 0.3 is 0 Å². The van der Waals surface area contributed by atoms with Crippen LogP contribution >= 0.6 is 0 Å². The Labute approximate surface area is 135 Å². The third-order valence-electron chi connectivity index (χ3n) is 3.89. The second-order valence-electron chi connectivity index (χ2n) is 5.75. The summed E-state index contributed by atoms with van der Waals surface area (Å²) >= 11 is 0. The summed E-state index contributed by atoms with van der Waals surface area (Å²) in [6.07, 6.45) is 4.33. The number of unbranched alkanes of at least 4 members (excludes halogenated alkanes) is 2. The molecule has 0 saturated heterocycles. The van der Waals surface area contributed by atoms with E-state index in [2.05, 4.69) is 6.92 Å². The van der Waals surface area contributed by atoms with Crippen molar-refractivity contribution in [1.29, 1.82) is 0 Å². The molecule has 0 aliphatic carbocycles. The SMILES string of the molecule is CCCCCc1ccc(/C(F)=C(\F)c2ccc(C)c(F)c2)cc1. The Morgan fingerprint density at radius 1 is 0.870 bits per heavy atom. The van der Waals surface area contributed by atoms with E-state index >= 15 is 0 Å². The van der Waals surface area contributed by atoms with E-state index in [0.29, 0.717) is 5.56 Å². The Morgan fingerprint density at radius 2 is 1.48 bits per heavy atom. The highest BCUT2D eigenvalue weighted by molar-refractivity contribution is 5.83. The van der Waals surface area contributed by atoms with Gasteiger partial charge in [0.15, 0.2) is 11.7 Å². The van der Waals surface area contributed by atoms with Gasteiger partial charge in [-0.25, -0.2) is 13.2 Å². The summed E-state index contributed by atoms with van der Waals surface area (Å²) in [4.78, 5) is 0. The van der Waals surface area contributed by atoms with Crippen molar-refractivity contribution in [1.82, 2.24) is 0 Å². The Kier molecular flexibility index (Phi) is 6.03. The molecule has 0 bridgehead atoms. The van der Waals surface area contributed by atoms with E-state index in [0.717, 1.165) is 37.3 Å². The highest BCUT2D eigenvalue weighted by atomic mass is 19.2. The van der Waals surface area contributed by atoms with Crippen LogP contribution in [-0.4, -0.2) is 0 Å². The van der Waals surface area contributed by atoms with Gasteiger partial charge in [0.05, 0.1) is 0 Å². The minimum absolute atomic E-state index is 0.0855. The van der Waals surface area contributed by atoms with Crippen molar-refractivity contribution in [3.63, 3.8) is 0 Å². The molecule has 0 unspecified atom stereocenters. The first kappa shape index (κ1) is 17.3. The molecule has 23 heavy (non-hydrogen) atoms. The smallest absolute Gasteiger partial charge is 0.166 e. The molecule has 122 valence electrons. The number of hydrogen-bond acceptors (Lipinski definition) is 0. The maximum atomic E-state index is 14.3. The van der Waals surface area contributed by atoms with Gasteiger partial charge in [0.25, 0.3) is 0 Å². The second kappa shape index (κ2) is 8.00. The molecule has 0 fully saturated rings. The highest BCUT2D eigenvalue weighted by Crippen LogP contribution is 2.29. The lowest BCUT2D eigenvalue weighted by atomic mass is 10.0. The third-order valence-corrected chi connectivity index (χ3v) is 3.89. The predicted octanol–water partition coefficient (Wildman–Crippen LogP) is 6.63. The van der Waals surface area contributed by atoms with Crippen LogP contribution in [-0.2, 0) is 6.42 Å². The van der Waals surface area contributed by atoms with Crippen molar-refractivity contribution in [3.05, 3.63) is 70.5 Å².